The smallest absolute Gasteiger partial charge is 0.0612 e. The van der Waals surface area contributed by atoms with Crippen LogP contribution in [0.1, 0.15) is 65.2 Å². The molecule has 2 atom stereocenters. The van der Waals surface area contributed by atoms with Crippen molar-refractivity contribution in [3.63, 3.8) is 0 Å². The summed E-state index contributed by atoms with van der Waals surface area (Å²) in [5.74, 6) is 0.661. The van der Waals surface area contributed by atoms with E-state index in [0.29, 0.717) is 18.1 Å². The molecule has 1 saturated carbocycles. The topological polar surface area (TPSA) is 21.3 Å². The second-order valence-corrected chi connectivity index (χ2v) is 6.23. The Balaban J connectivity index is 1.77. The van der Waals surface area contributed by atoms with Crippen LogP contribution in [0.15, 0.2) is 0 Å². The van der Waals surface area contributed by atoms with Crippen molar-refractivity contribution in [3.8, 4) is 0 Å². The predicted octanol–water partition coefficient (Wildman–Crippen LogP) is 3.50. The van der Waals surface area contributed by atoms with Crippen LogP contribution in [0, 0.1) is 5.92 Å². The van der Waals surface area contributed by atoms with Crippen molar-refractivity contribution < 1.29 is 4.74 Å². The normalized spacial score (nSPS) is 32.6. The first-order chi connectivity index (χ1) is 8.25. The van der Waals surface area contributed by atoms with E-state index >= 15 is 0 Å². The molecule has 1 aliphatic carbocycles. The zero-order valence-electron chi connectivity index (χ0n) is 11.6. The standard InChI is InChI=1S/C15H29NO/c1-12(2)15-11-14(9-10-17-15)16-13-7-5-3-4-6-8-13/h12-16H,3-11H2,1-2H3. The van der Waals surface area contributed by atoms with Crippen LogP contribution in [0.4, 0.5) is 0 Å². The third kappa shape index (κ3) is 4.26. The zero-order valence-corrected chi connectivity index (χ0v) is 11.6. The van der Waals surface area contributed by atoms with Crippen molar-refractivity contribution in [2.75, 3.05) is 6.61 Å². The average Bonchev–Trinajstić information content (AvgIpc) is 2.58. The summed E-state index contributed by atoms with van der Waals surface area (Å²) in [6.45, 7) is 5.50. The zero-order chi connectivity index (χ0) is 12.1. The monoisotopic (exact) mass is 239 g/mol. The summed E-state index contributed by atoms with van der Waals surface area (Å²) in [5.41, 5.74) is 0. The largest absolute Gasteiger partial charge is 0.378 e. The lowest BCUT2D eigenvalue weighted by atomic mass is 9.94. The van der Waals surface area contributed by atoms with E-state index in [1.807, 2.05) is 0 Å². The predicted molar refractivity (Wildman–Crippen MR) is 72.2 cm³/mol. The second kappa shape index (κ2) is 6.75. The minimum Gasteiger partial charge on any atom is -0.378 e. The summed E-state index contributed by atoms with van der Waals surface area (Å²) in [7, 11) is 0. The molecule has 1 N–H and O–H groups in total. The minimum absolute atomic E-state index is 0.479. The van der Waals surface area contributed by atoms with Gasteiger partial charge in [-0.2, -0.15) is 0 Å². The van der Waals surface area contributed by atoms with Crippen LogP contribution in [0.3, 0.4) is 0 Å². The Morgan fingerprint density at radius 1 is 0.941 bits per heavy atom. The van der Waals surface area contributed by atoms with Gasteiger partial charge < -0.3 is 10.1 Å². The Hall–Kier alpha value is -0.0800. The van der Waals surface area contributed by atoms with Crippen LogP contribution in [0.5, 0.6) is 0 Å². The molecule has 0 radical (unpaired) electrons. The maximum Gasteiger partial charge on any atom is 0.0612 e. The number of hydrogen-bond acceptors (Lipinski definition) is 2. The molecule has 0 spiro atoms. The van der Waals surface area contributed by atoms with Crippen molar-refractivity contribution in [2.45, 2.75) is 83.4 Å². The van der Waals surface area contributed by atoms with E-state index in [1.165, 1.54) is 51.4 Å². The van der Waals surface area contributed by atoms with E-state index in [4.69, 9.17) is 4.74 Å². The van der Waals surface area contributed by atoms with Crippen LogP contribution < -0.4 is 5.32 Å². The summed E-state index contributed by atoms with van der Waals surface area (Å²) < 4.78 is 5.84. The summed E-state index contributed by atoms with van der Waals surface area (Å²) in [6, 6.07) is 1.49. The van der Waals surface area contributed by atoms with E-state index in [0.717, 1.165) is 12.6 Å². The fourth-order valence-electron chi connectivity index (χ4n) is 3.22. The van der Waals surface area contributed by atoms with E-state index in [-0.39, 0.29) is 0 Å². The highest BCUT2D eigenvalue weighted by Gasteiger charge is 2.26. The molecule has 1 heterocycles. The third-order valence-electron chi connectivity index (χ3n) is 4.39. The van der Waals surface area contributed by atoms with E-state index in [1.54, 1.807) is 0 Å². The summed E-state index contributed by atoms with van der Waals surface area (Å²) in [5, 5.41) is 3.90. The number of rotatable bonds is 3. The molecule has 1 saturated heterocycles. The summed E-state index contributed by atoms with van der Waals surface area (Å²) in [6.07, 6.45) is 11.4. The Bertz CT molecular complexity index is 209. The summed E-state index contributed by atoms with van der Waals surface area (Å²) in [4.78, 5) is 0. The van der Waals surface area contributed by atoms with Crippen molar-refractivity contribution in [1.29, 1.82) is 0 Å². The van der Waals surface area contributed by atoms with Crippen LogP contribution in [0.25, 0.3) is 0 Å². The van der Waals surface area contributed by atoms with Crippen molar-refractivity contribution in [2.24, 2.45) is 5.92 Å². The molecular weight excluding hydrogens is 210 g/mol. The van der Waals surface area contributed by atoms with E-state index in [2.05, 4.69) is 19.2 Å². The van der Waals surface area contributed by atoms with E-state index < -0.39 is 0 Å². The average molecular weight is 239 g/mol. The molecular formula is C15H29NO. The molecule has 17 heavy (non-hydrogen) atoms. The third-order valence-corrected chi connectivity index (χ3v) is 4.39. The molecule has 1 aliphatic heterocycles. The lowest BCUT2D eigenvalue weighted by molar-refractivity contribution is -0.0261. The van der Waals surface area contributed by atoms with Gasteiger partial charge in [-0.1, -0.05) is 39.5 Å². The molecule has 2 nitrogen and oxygen atoms in total. The van der Waals surface area contributed by atoms with Gasteiger partial charge in [-0.15, -0.1) is 0 Å². The fraction of sp³-hybridized carbons (Fsp3) is 1.00. The van der Waals surface area contributed by atoms with Crippen LogP contribution in [0.2, 0.25) is 0 Å². The fourth-order valence-corrected chi connectivity index (χ4v) is 3.22. The molecule has 2 aliphatic rings. The van der Waals surface area contributed by atoms with Gasteiger partial charge in [-0.05, 0) is 31.6 Å². The maximum atomic E-state index is 5.84. The number of nitrogens with one attached hydrogen (secondary N) is 1. The van der Waals surface area contributed by atoms with Gasteiger partial charge in [0, 0.05) is 18.7 Å². The first-order valence-electron chi connectivity index (χ1n) is 7.63. The van der Waals surface area contributed by atoms with Gasteiger partial charge in [0.2, 0.25) is 0 Å². The highest BCUT2D eigenvalue weighted by molar-refractivity contribution is 4.82. The highest BCUT2D eigenvalue weighted by atomic mass is 16.5. The van der Waals surface area contributed by atoms with Gasteiger partial charge in [0.15, 0.2) is 0 Å². The van der Waals surface area contributed by atoms with Crippen molar-refractivity contribution >= 4 is 0 Å². The quantitative estimate of drug-likeness (QED) is 0.761. The number of hydrogen-bond donors (Lipinski definition) is 1. The molecule has 2 rings (SSSR count). The van der Waals surface area contributed by atoms with Gasteiger partial charge in [0.25, 0.3) is 0 Å². The SMILES string of the molecule is CC(C)C1CC(NC2CCCCCC2)CCO1. The molecule has 0 aromatic rings. The Morgan fingerprint density at radius 3 is 2.29 bits per heavy atom. The first kappa shape index (κ1) is 13.4. The van der Waals surface area contributed by atoms with Crippen LogP contribution >= 0.6 is 0 Å². The lowest BCUT2D eigenvalue weighted by Gasteiger charge is -2.34. The minimum atomic E-state index is 0.479. The van der Waals surface area contributed by atoms with Crippen LogP contribution in [-0.2, 0) is 4.74 Å². The molecule has 2 fully saturated rings. The summed E-state index contributed by atoms with van der Waals surface area (Å²) >= 11 is 0. The highest BCUT2D eigenvalue weighted by Crippen LogP contribution is 2.23. The Morgan fingerprint density at radius 2 is 1.65 bits per heavy atom. The molecule has 0 aromatic heterocycles. The molecule has 2 heteroatoms. The van der Waals surface area contributed by atoms with Gasteiger partial charge in [0.05, 0.1) is 6.10 Å². The number of ether oxygens (including phenoxy) is 1. The maximum absolute atomic E-state index is 5.84. The molecule has 0 bridgehead atoms. The second-order valence-electron chi connectivity index (χ2n) is 6.23. The van der Waals surface area contributed by atoms with Gasteiger partial charge in [0.1, 0.15) is 0 Å². The Labute approximate surface area is 107 Å². The lowest BCUT2D eigenvalue weighted by Crippen LogP contribution is -2.45. The van der Waals surface area contributed by atoms with Gasteiger partial charge in [-0.25, -0.2) is 0 Å². The molecule has 0 amide bonds. The van der Waals surface area contributed by atoms with Crippen molar-refractivity contribution in [1.82, 2.24) is 5.32 Å². The Kier molecular flexibility index (Phi) is 5.30. The van der Waals surface area contributed by atoms with Gasteiger partial charge in [-0.3, -0.25) is 0 Å². The molecule has 0 aromatic carbocycles. The van der Waals surface area contributed by atoms with Crippen molar-refractivity contribution in [3.05, 3.63) is 0 Å². The first-order valence-corrected chi connectivity index (χ1v) is 7.63. The molecule has 100 valence electrons. The van der Waals surface area contributed by atoms with E-state index in [9.17, 15) is 0 Å². The van der Waals surface area contributed by atoms with Gasteiger partial charge >= 0.3 is 0 Å². The molecule has 2 unspecified atom stereocenters. The van der Waals surface area contributed by atoms with Crippen LogP contribution in [-0.4, -0.2) is 24.8 Å².